The Hall–Kier alpha value is -1.07. The molecule has 0 saturated heterocycles. The number of alkyl halides is 3. The third kappa shape index (κ3) is 1.32. The molecule has 5 unspecified atom stereocenters. The van der Waals surface area contributed by atoms with Crippen LogP contribution in [0, 0.1) is 22.7 Å². The molecular weight excluding hydrogens is 291 g/mol. The van der Waals surface area contributed by atoms with Crippen LogP contribution in [0.1, 0.15) is 30.4 Å². The molecule has 5 atom stereocenters. The highest BCUT2D eigenvalue weighted by atomic mass is 19.4. The summed E-state index contributed by atoms with van der Waals surface area (Å²) >= 11 is 0. The zero-order valence-electron chi connectivity index (χ0n) is 12.1. The summed E-state index contributed by atoms with van der Waals surface area (Å²) in [7, 11) is 0. The summed E-state index contributed by atoms with van der Waals surface area (Å²) in [5.41, 5.74) is 7.39. The minimum Gasteiger partial charge on any atom is -0.376 e. The van der Waals surface area contributed by atoms with E-state index in [1.807, 2.05) is 0 Å². The number of benzene rings is 1. The van der Waals surface area contributed by atoms with Crippen LogP contribution in [0.4, 0.5) is 13.2 Å². The molecule has 0 radical (unpaired) electrons. The highest BCUT2D eigenvalue weighted by Gasteiger charge is 3.07. The second-order valence-corrected chi connectivity index (χ2v) is 7.69. The van der Waals surface area contributed by atoms with Crippen molar-refractivity contribution >= 4 is 0 Å². The van der Waals surface area contributed by atoms with Crippen LogP contribution >= 0.6 is 0 Å². The summed E-state index contributed by atoms with van der Waals surface area (Å²) in [5.74, 6) is 1.28. The van der Waals surface area contributed by atoms with E-state index >= 15 is 0 Å². The SMILES string of the molecule is NC12CC13CC(COCc1cccc(C(F)(F)F)c1)C1CC123. The van der Waals surface area contributed by atoms with Gasteiger partial charge in [0.1, 0.15) is 0 Å². The first kappa shape index (κ1) is 13.4. The smallest absolute Gasteiger partial charge is 0.376 e. The molecule has 4 aliphatic rings. The van der Waals surface area contributed by atoms with E-state index < -0.39 is 11.7 Å². The van der Waals surface area contributed by atoms with E-state index in [0.717, 1.165) is 12.5 Å². The van der Waals surface area contributed by atoms with Crippen molar-refractivity contribution in [3.05, 3.63) is 35.4 Å². The Morgan fingerprint density at radius 1 is 1.27 bits per heavy atom. The minimum atomic E-state index is -4.29. The van der Waals surface area contributed by atoms with Gasteiger partial charge >= 0.3 is 6.18 Å². The Kier molecular flexibility index (Phi) is 2.15. The number of hydrogen-bond donors (Lipinski definition) is 1. The van der Waals surface area contributed by atoms with Crippen LogP contribution in [0.25, 0.3) is 0 Å². The predicted octanol–water partition coefficient (Wildman–Crippen LogP) is 3.35. The zero-order valence-corrected chi connectivity index (χ0v) is 12.1. The van der Waals surface area contributed by atoms with Crippen LogP contribution < -0.4 is 5.73 Å². The maximum absolute atomic E-state index is 12.7. The molecule has 4 saturated carbocycles. The first-order valence-corrected chi connectivity index (χ1v) is 7.87. The first-order chi connectivity index (χ1) is 10.3. The fraction of sp³-hybridized carbons (Fsp3) is 0.647. The molecular formula is C17H18F3NO. The number of ether oxygens (including phenoxy) is 1. The van der Waals surface area contributed by atoms with Gasteiger partial charge in [0.25, 0.3) is 0 Å². The molecule has 2 nitrogen and oxygen atoms in total. The quantitative estimate of drug-likeness (QED) is 0.926. The van der Waals surface area contributed by atoms with Gasteiger partial charge in [-0.3, -0.25) is 0 Å². The van der Waals surface area contributed by atoms with Crippen molar-refractivity contribution in [2.45, 2.75) is 37.6 Å². The first-order valence-electron chi connectivity index (χ1n) is 7.87. The largest absolute Gasteiger partial charge is 0.416 e. The van der Waals surface area contributed by atoms with Gasteiger partial charge in [0.15, 0.2) is 0 Å². The van der Waals surface area contributed by atoms with Crippen LogP contribution in [0.2, 0.25) is 0 Å². The molecule has 2 N–H and O–H groups in total. The van der Waals surface area contributed by atoms with Gasteiger partial charge in [-0.25, -0.2) is 0 Å². The van der Waals surface area contributed by atoms with E-state index in [0.29, 0.717) is 34.8 Å². The average Bonchev–Trinajstić information content (AvgIpc) is 3.35. The van der Waals surface area contributed by atoms with Crippen molar-refractivity contribution in [1.82, 2.24) is 0 Å². The standard InChI is InChI=1S/C17H18F3NO/c18-17(19,20)12-3-1-2-10(4-12)7-22-8-11-5-14-9-16(14,21)15(14)6-13(11)15/h1-4,11,13H,5-9,21H2. The van der Waals surface area contributed by atoms with Gasteiger partial charge < -0.3 is 10.5 Å². The van der Waals surface area contributed by atoms with Crippen LogP contribution in [0.15, 0.2) is 24.3 Å². The van der Waals surface area contributed by atoms with E-state index in [2.05, 4.69) is 0 Å². The lowest BCUT2D eigenvalue weighted by Crippen LogP contribution is -2.21. The van der Waals surface area contributed by atoms with Crippen LogP contribution in [0.3, 0.4) is 0 Å². The average molecular weight is 309 g/mol. The molecule has 1 aromatic rings. The van der Waals surface area contributed by atoms with E-state index in [1.165, 1.54) is 25.0 Å². The van der Waals surface area contributed by atoms with Crippen LogP contribution in [-0.4, -0.2) is 12.1 Å². The van der Waals surface area contributed by atoms with Crippen molar-refractivity contribution in [3.63, 3.8) is 0 Å². The molecule has 4 aliphatic carbocycles. The van der Waals surface area contributed by atoms with Gasteiger partial charge in [0.2, 0.25) is 0 Å². The van der Waals surface area contributed by atoms with Crippen molar-refractivity contribution in [2.75, 3.05) is 6.61 Å². The van der Waals surface area contributed by atoms with Gasteiger partial charge in [-0.1, -0.05) is 12.1 Å². The van der Waals surface area contributed by atoms with Gasteiger partial charge in [-0.2, -0.15) is 13.2 Å². The summed E-state index contributed by atoms with van der Waals surface area (Å²) in [6, 6.07) is 5.39. The third-order valence-corrected chi connectivity index (χ3v) is 6.95. The van der Waals surface area contributed by atoms with Crippen LogP contribution in [0.5, 0.6) is 0 Å². The molecule has 4 fully saturated rings. The number of rotatable bonds is 4. The molecule has 1 aromatic carbocycles. The van der Waals surface area contributed by atoms with Crippen LogP contribution in [-0.2, 0) is 17.5 Å². The van der Waals surface area contributed by atoms with Gasteiger partial charge in [-0.05, 0) is 59.6 Å². The molecule has 5 heteroatoms. The van der Waals surface area contributed by atoms with Crippen molar-refractivity contribution < 1.29 is 17.9 Å². The molecule has 2 spiro atoms. The number of nitrogens with two attached hydrogens (primary N) is 1. The van der Waals surface area contributed by atoms with E-state index in [4.69, 9.17) is 10.5 Å². The lowest BCUT2D eigenvalue weighted by atomic mass is 10.00. The Morgan fingerprint density at radius 3 is 2.68 bits per heavy atom. The summed E-state index contributed by atoms with van der Waals surface area (Å²) in [6.45, 7) is 0.904. The fourth-order valence-corrected chi connectivity index (χ4v) is 5.84. The van der Waals surface area contributed by atoms with E-state index in [-0.39, 0.29) is 12.1 Å². The summed E-state index contributed by atoms with van der Waals surface area (Å²) in [4.78, 5) is 0. The maximum Gasteiger partial charge on any atom is 0.416 e. The molecule has 5 rings (SSSR count). The molecule has 0 bridgehead atoms. The summed E-state index contributed by atoms with van der Waals surface area (Å²) in [6.07, 6.45) is -0.697. The molecule has 0 heterocycles. The Morgan fingerprint density at radius 2 is 2.09 bits per heavy atom. The topological polar surface area (TPSA) is 35.2 Å². The Bertz CT molecular complexity index is 668. The molecule has 0 amide bonds. The second-order valence-electron chi connectivity index (χ2n) is 7.69. The Labute approximate surface area is 126 Å². The highest BCUT2D eigenvalue weighted by Crippen LogP contribution is 3.06. The van der Waals surface area contributed by atoms with E-state index in [1.54, 1.807) is 6.07 Å². The summed E-state index contributed by atoms with van der Waals surface area (Å²) < 4.78 is 43.7. The fourth-order valence-electron chi connectivity index (χ4n) is 5.84. The van der Waals surface area contributed by atoms with Crippen molar-refractivity contribution in [2.24, 2.45) is 28.4 Å². The van der Waals surface area contributed by atoms with E-state index in [9.17, 15) is 13.2 Å². The lowest BCUT2D eigenvalue weighted by Gasteiger charge is -2.15. The third-order valence-electron chi connectivity index (χ3n) is 6.95. The zero-order chi connectivity index (χ0) is 15.4. The minimum absolute atomic E-state index is 0.169. The number of halogens is 3. The number of hydrogen-bond acceptors (Lipinski definition) is 2. The second kappa shape index (κ2) is 3.54. The molecule has 0 aliphatic heterocycles. The van der Waals surface area contributed by atoms with Gasteiger partial charge in [-0.15, -0.1) is 0 Å². The normalized spacial score (nSPS) is 46.7. The molecule has 0 aromatic heterocycles. The van der Waals surface area contributed by atoms with Gasteiger partial charge in [0.05, 0.1) is 18.8 Å². The van der Waals surface area contributed by atoms with Crippen molar-refractivity contribution in [3.8, 4) is 0 Å². The van der Waals surface area contributed by atoms with Gasteiger partial charge in [0, 0.05) is 5.54 Å². The molecule has 118 valence electrons. The lowest BCUT2D eigenvalue weighted by molar-refractivity contribution is -0.137. The monoisotopic (exact) mass is 309 g/mol. The highest BCUT2D eigenvalue weighted by molar-refractivity contribution is 5.59. The van der Waals surface area contributed by atoms with Crippen molar-refractivity contribution in [1.29, 1.82) is 0 Å². The maximum atomic E-state index is 12.7. The molecule has 22 heavy (non-hydrogen) atoms. The summed E-state index contributed by atoms with van der Waals surface area (Å²) in [5, 5.41) is 0. The predicted molar refractivity (Wildman–Crippen MR) is 73.7 cm³/mol. The Balaban J connectivity index is 1.18.